The Morgan fingerprint density at radius 2 is 2.00 bits per heavy atom. The molecule has 0 radical (unpaired) electrons. The molecule has 0 aliphatic carbocycles. The molecule has 0 bridgehead atoms. The fraction of sp³-hybridized carbons (Fsp3) is 0.143. The first kappa shape index (κ1) is 10.4. The summed E-state index contributed by atoms with van der Waals surface area (Å²) in [4.78, 5) is 13.4. The van der Waals surface area contributed by atoms with Gasteiger partial charge in [-0.1, -0.05) is 6.07 Å². The molecule has 1 aromatic rings. The zero-order valence-electron chi connectivity index (χ0n) is 6.60. The summed E-state index contributed by atoms with van der Waals surface area (Å²) in [5.41, 5.74) is 0. The fourth-order valence-electron chi connectivity index (χ4n) is 0.665. The van der Waals surface area contributed by atoms with Gasteiger partial charge in [0.2, 0.25) is 5.95 Å². The molecule has 0 spiro atoms. The minimum atomic E-state index is -5.01. The average Bonchev–Trinajstić information content (AvgIpc) is 2.02. The molecular weight excluding hydrogens is 204 g/mol. The number of halogens is 4. The van der Waals surface area contributed by atoms with Crippen LogP contribution in [0.2, 0.25) is 0 Å². The summed E-state index contributed by atoms with van der Waals surface area (Å²) in [6.07, 6.45) is -5.01. The number of rotatable bonds is 1. The topological polar surface area (TPSA) is 42.0 Å². The van der Waals surface area contributed by atoms with Crippen LogP contribution in [0.5, 0.6) is 0 Å². The summed E-state index contributed by atoms with van der Waals surface area (Å²) in [5.74, 6) is -3.63. The van der Waals surface area contributed by atoms with Crippen molar-refractivity contribution in [3.05, 3.63) is 24.1 Å². The highest BCUT2D eigenvalue weighted by Crippen LogP contribution is 2.17. The van der Waals surface area contributed by atoms with Crippen molar-refractivity contribution in [2.75, 3.05) is 5.32 Å². The molecule has 0 saturated carbocycles. The van der Waals surface area contributed by atoms with E-state index in [1.165, 1.54) is 5.32 Å². The maximum Gasteiger partial charge on any atom is 0.471 e. The van der Waals surface area contributed by atoms with E-state index >= 15 is 0 Å². The van der Waals surface area contributed by atoms with E-state index in [2.05, 4.69) is 4.98 Å². The van der Waals surface area contributed by atoms with Crippen LogP contribution >= 0.6 is 0 Å². The van der Waals surface area contributed by atoms with Gasteiger partial charge in [-0.2, -0.15) is 17.6 Å². The van der Waals surface area contributed by atoms with Gasteiger partial charge in [-0.15, -0.1) is 0 Å². The molecule has 0 fully saturated rings. The molecule has 14 heavy (non-hydrogen) atoms. The summed E-state index contributed by atoms with van der Waals surface area (Å²) in [6.45, 7) is 0. The second kappa shape index (κ2) is 3.60. The van der Waals surface area contributed by atoms with Crippen molar-refractivity contribution in [3.8, 4) is 0 Å². The van der Waals surface area contributed by atoms with E-state index in [9.17, 15) is 22.4 Å². The third-order valence-corrected chi connectivity index (χ3v) is 1.21. The highest BCUT2D eigenvalue weighted by Gasteiger charge is 2.38. The molecule has 0 aliphatic rings. The van der Waals surface area contributed by atoms with Crippen molar-refractivity contribution in [1.82, 2.24) is 4.98 Å². The third kappa shape index (κ3) is 2.68. The third-order valence-electron chi connectivity index (χ3n) is 1.21. The second-order valence-corrected chi connectivity index (χ2v) is 2.30. The average molecular weight is 208 g/mol. The molecule has 0 atom stereocenters. The van der Waals surface area contributed by atoms with Crippen molar-refractivity contribution in [2.24, 2.45) is 0 Å². The van der Waals surface area contributed by atoms with Crippen LogP contribution in [0.25, 0.3) is 0 Å². The highest BCUT2D eigenvalue weighted by molar-refractivity contribution is 5.94. The molecule has 0 unspecified atom stereocenters. The number of amides is 1. The number of nitrogens with one attached hydrogen (secondary N) is 1. The molecule has 1 N–H and O–H groups in total. The number of alkyl halides is 3. The zero-order chi connectivity index (χ0) is 10.8. The summed E-state index contributed by atoms with van der Waals surface area (Å²) in [5, 5.41) is 1.41. The fourth-order valence-corrected chi connectivity index (χ4v) is 0.665. The lowest BCUT2D eigenvalue weighted by Crippen LogP contribution is -2.30. The predicted molar refractivity (Wildman–Crippen MR) is 38.9 cm³/mol. The molecule has 76 valence electrons. The van der Waals surface area contributed by atoms with Crippen LogP contribution in [0.4, 0.5) is 23.4 Å². The van der Waals surface area contributed by atoms with Crippen LogP contribution in [0.15, 0.2) is 18.2 Å². The molecule has 0 aromatic carbocycles. The minimum Gasteiger partial charge on any atom is -0.303 e. The van der Waals surface area contributed by atoms with E-state index in [1.807, 2.05) is 0 Å². The minimum absolute atomic E-state index is 0.479. The van der Waals surface area contributed by atoms with Gasteiger partial charge in [-0.3, -0.25) is 4.79 Å². The Bertz CT molecular complexity index is 350. The summed E-state index contributed by atoms with van der Waals surface area (Å²) in [7, 11) is 0. The second-order valence-electron chi connectivity index (χ2n) is 2.30. The first-order valence-corrected chi connectivity index (χ1v) is 3.40. The Labute approximate surface area is 75.8 Å². The standard InChI is InChI=1S/C7H4F4N2O/c8-4-2-1-3-5(12-4)13-6(14)7(9,10)11/h1-3H,(H,12,13,14). The van der Waals surface area contributed by atoms with Crippen molar-refractivity contribution < 1.29 is 22.4 Å². The van der Waals surface area contributed by atoms with Crippen LogP contribution in [0.1, 0.15) is 0 Å². The molecule has 1 heterocycles. The molecule has 0 saturated heterocycles. The number of carbonyl (C=O) groups excluding carboxylic acids is 1. The summed E-state index contributed by atoms with van der Waals surface area (Å²) >= 11 is 0. The van der Waals surface area contributed by atoms with Crippen molar-refractivity contribution in [3.63, 3.8) is 0 Å². The number of hydrogen-bond donors (Lipinski definition) is 1. The van der Waals surface area contributed by atoms with Crippen LogP contribution in [0.3, 0.4) is 0 Å². The predicted octanol–water partition coefficient (Wildman–Crippen LogP) is 1.72. The highest BCUT2D eigenvalue weighted by atomic mass is 19.4. The molecule has 1 aromatic heterocycles. The summed E-state index contributed by atoms with van der Waals surface area (Å²) < 4.78 is 47.5. The lowest BCUT2D eigenvalue weighted by molar-refractivity contribution is -0.167. The van der Waals surface area contributed by atoms with Crippen LogP contribution in [-0.2, 0) is 4.79 Å². The van der Waals surface area contributed by atoms with Crippen molar-refractivity contribution >= 4 is 11.7 Å². The number of nitrogens with zero attached hydrogens (tertiary/aromatic N) is 1. The van der Waals surface area contributed by atoms with Gasteiger partial charge in [-0.25, -0.2) is 4.98 Å². The molecule has 7 heteroatoms. The van der Waals surface area contributed by atoms with E-state index in [1.54, 1.807) is 0 Å². The first-order chi connectivity index (χ1) is 6.39. The van der Waals surface area contributed by atoms with E-state index in [0.29, 0.717) is 0 Å². The Balaban J connectivity index is 2.75. The largest absolute Gasteiger partial charge is 0.471 e. The number of aromatic nitrogens is 1. The Kier molecular flexibility index (Phi) is 2.68. The van der Waals surface area contributed by atoms with Crippen LogP contribution in [0, 0.1) is 5.95 Å². The summed E-state index contributed by atoms with van der Waals surface area (Å²) in [6, 6.07) is 3.13. The van der Waals surface area contributed by atoms with Gasteiger partial charge in [0.15, 0.2) is 0 Å². The first-order valence-electron chi connectivity index (χ1n) is 3.40. The Morgan fingerprint density at radius 1 is 1.36 bits per heavy atom. The Hall–Kier alpha value is -1.66. The molecule has 1 amide bonds. The lowest BCUT2D eigenvalue weighted by Gasteiger charge is -2.06. The number of hydrogen-bond acceptors (Lipinski definition) is 2. The molecule has 3 nitrogen and oxygen atoms in total. The van der Waals surface area contributed by atoms with E-state index < -0.39 is 23.8 Å². The Morgan fingerprint density at radius 3 is 2.50 bits per heavy atom. The van der Waals surface area contributed by atoms with E-state index in [0.717, 1.165) is 18.2 Å². The SMILES string of the molecule is O=C(Nc1cccc(F)n1)C(F)(F)F. The van der Waals surface area contributed by atoms with Gasteiger partial charge >= 0.3 is 12.1 Å². The van der Waals surface area contributed by atoms with E-state index in [4.69, 9.17) is 0 Å². The monoisotopic (exact) mass is 208 g/mol. The maximum absolute atomic E-state index is 12.4. The van der Waals surface area contributed by atoms with Gasteiger partial charge in [0, 0.05) is 0 Å². The van der Waals surface area contributed by atoms with Gasteiger partial charge in [0.05, 0.1) is 0 Å². The van der Waals surface area contributed by atoms with Gasteiger partial charge in [0.25, 0.3) is 0 Å². The lowest BCUT2D eigenvalue weighted by atomic mass is 10.4. The number of carbonyl (C=O) groups is 1. The number of anilines is 1. The quantitative estimate of drug-likeness (QED) is 0.564. The van der Waals surface area contributed by atoms with Crippen LogP contribution in [-0.4, -0.2) is 17.1 Å². The van der Waals surface area contributed by atoms with Crippen LogP contribution < -0.4 is 5.32 Å². The van der Waals surface area contributed by atoms with Crippen molar-refractivity contribution in [2.45, 2.75) is 6.18 Å². The number of pyridine rings is 1. The van der Waals surface area contributed by atoms with Gasteiger partial charge in [-0.05, 0) is 12.1 Å². The zero-order valence-corrected chi connectivity index (χ0v) is 6.60. The smallest absolute Gasteiger partial charge is 0.303 e. The van der Waals surface area contributed by atoms with Gasteiger partial charge in [0.1, 0.15) is 5.82 Å². The normalized spacial score (nSPS) is 11.1. The molecular formula is C7H4F4N2O. The van der Waals surface area contributed by atoms with E-state index in [-0.39, 0.29) is 0 Å². The van der Waals surface area contributed by atoms with Crippen molar-refractivity contribution in [1.29, 1.82) is 0 Å². The molecule has 0 aliphatic heterocycles. The molecule has 1 rings (SSSR count). The van der Waals surface area contributed by atoms with Gasteiger partial charge < -0.3 is 5.32 Å². The maximum atomic E-state index is 12.4.